The van der Waals surface area contributed by atoms with Crippen LogP contribution >= 0.6 is 11.3 Å². The molecular formula is C16H16N4OS. The van der Waals surface area contributed by atoms with Crippen molar-refractivity contribution in [3.8, 4) is 10.4 Å². The van der Waals surface area contributed by atoms with Gasteiger partial charge in [0.1, 0.15) is 17.0 Å². The number of nitrogens with one attached hydrogen (secondary N) is 1. The van der Waals surface area contributed by atoms with E-state index in [9.17, 15) is 4.79 Å². The molecule has 0 fully saturated rings. The number of hydrogen-bond acceptors (Lipinski definition) is 5. The molecular weight excluding hydrogens is 296 g/mol. The van der Waals surface area contributed by atoms with Gasteiger partial charge in [-0.05, 0) is 11.6 Å². The highest BCUT2D eigenvalue weighted by molar-refractivity contribution is 7.21. The lowest BCUT2D eigenvalue weighted by atomic mass is 10.2. The maximum atomic E-state index is 11.6. The van der Waals surface area contributed by atoms with Gasteiger partial charge in [0, 0.05) is 19.0 Å². The molecule has 0 unspecified atom stereocenters. The van der Waals surface area contributed by atoms with Crippen molar-refractivity contribution in [3.05, 3.63) is 42.7 Å². The van der Waals surface area contributed by atoms with E-state index in [2.05, 4.69) is 33.5 Å². The number of carbonyl (C=O) groups is 1. The van der Waals surface area contributed by atoms with Gasteiger partial charge in [0.25, 0.3) is 0 Å². The summed E-state index contributed by atoms with van der Waals surface area (Å²) in [6, 6.07) is 12.3. The molecule has 6 heteroatoms. The average Bonchev–Trinajstić information content (AvgIpc) is 2.99. The Morgan fingerprint density at radius 1 is 1.27 bits per heavy atom. The van der Waals surface area contributed by atoms with E-state index in [4.69, 9.17) is 0 Å². The topological polar surface area (TPSA) is 58.1 Å². The number of aromatic nitrogens is 2. The quantitative estimate of drug-likeness (QED) is 0.804. The Kier molecular flexibility index (Phi) is 4.02. The highest BCUT2D eigenvalue weighted by atomic mass is 32.1. The largest absolute Gasteiger partial charge is 0.358 e. The van der Waals surface area contributed by atoms with Crippen LogP contribution in [0.1, 0.15) is 0 Å². The summed E-state index contributed by atoms with van der Waals surface area (Å²) in [4.78, 5) is 24.2. The zero-order chi connectivity index (χ0) is 15.5. The van der Waals surface area contributed by atoms with Gasteiger partial charge in [0.2, 0.25) is 5.91 Å². The molecule has 3 aromatic rings. The summed E-state index contributed by atoms with van der Waals surface area (Å²) in [5.74, 6) is 0.722. The van der Waals surface area contributed by atoms with Crippen LogP contribution in [-0.2, 0) is 4.79 Å². The van der Waals surface area contributed by atoms with Crippen LogP contribution in [0.15, 0.2) is 42.7 Å². The van der Waals surface area contributed by atoms with Crippen molar-refractivity contribution in [2.45, 2.75) is 0 Å². The fourth-order valence-electron chi connectivity index (χ4n) is 2.26. The fourth-order valence-corrected chi connectivity index (χ4v) is 3.26. The van der Waals surface area contributed by atoms with E-state index >= 15 is 0 Å². The Morgan fingerprint density at radius 2 is 2.05 bits per heavy atom. The molecule has 0 saturated heterocycles. The van der Waals surface area contributed by atoms with Gasteiger partial charge in [-0.15, -0.1) is 11.3 Å². The first-order chi connectivity index (χ1) is 10.7. The molecule has 2 heterocycles. The lowest BCUT2D eigenvalue weighted by molar-refractivity contribution is -0.119. The van der Waals surface area contributed by atoms with Crippen LogP contribution in [0.2, 0.25) is 0 Å². The zero-order valence-electron chi connectivity index (χ0n) is 12.4. The maximum Gasteiger partial charge on any atom is 0.239 e. The third-order valence-electron chi connectivity index (χ3n) is 3.39. The number of benzene rings is 1. The fraction of sp³-hybridized carbons (Fsp3) is 0.188. The molecule has 1 N–H and O–H groups in total. The van der Waals surface area contributed by atoms with Crippen LogP contribution < -0.4 is 10.2 Å². The van der Waals surface area contributed by atoms with Crippen molar-refractivity contribution < 1.29 is 4.79 Å². The molecule has 3 rings (SSSR count). The number of rotatable bonds is 4. The first-order valence-corrected chi connectivity index (χ1v) is 7.72. The summed E-state index contributed by atoms with van der Waals surface area (Å²) in [6.07, 6.45) is 1.54. The van der Waals surface area contributed by atoms with Crippen LogP contribution in [0, 0.1) is 0 Å². The van der Waals surface area contributed by atoms with E-state index in [0.717, 1.165) is 26.5 Å². The van der Waals surface area contributed by atoms with Crippen LogP contribution in [0.3, 0.4) is 0 Å². The van der Waals surface area contributed by atoms with E-state index < -0.39 is 0 Å². The minimum Gasteiger partial charge on any atom is -0.358 e. The smallest absolute Gasteiger partial charge is 0.239 e. The number of anilines is 1. The van der Waals surface area contributed by atoms with Gasteiger partial charge < -0.3 is 10.2 Å². The van der Waals surface area contributed by atoms with Crippen LogP contribution in [0.5, 0.6) is 0 Å². The van der Waals surface area contributed by atoms with Crippen molar-refractivity contribution in [2.75, 3.05) is 25.5 Å². The van der Waals surface area contributed by atoms with Gasteiger partial charge >= 0.3 is 0 Å². The Hall–Kier alpha value is -2.47. The van der Waals surface area contributed by atoms with Crippen molar-refractivity contribution in [2.24, 2.45) is 0 Å². The molecule has 0 atom stereocenters. The van der Waals surface area contributed by atoms with Crippen LogP contribution in [0.25, 0.3) is 20.7 Å². The SMILES string of the molecule is CNC(=O)CN(C)c1ncnc2sc(-c3ccccc3)cc12. The minimum atomic E-state index is -0.0484. The standard InChI is InChI=1S/C16H16N4OS/c1-17-14(21)9-20(2)15-12-8-13(11-6-4-3-5-7-11)22-16(12)19-10-18-15/h3-8,10H,9H2,1-2H3,(H,17,21). The van der Waals surface area contributed by atoms with Gasteiger partial charge in [-0.1, -0.05) is 30.3 Å². The Labute approximate surface area is 132 Å². The second-order valence-corrected chi connectivity index (χ2v) is 5.95. The predicted octanol–water partition coefficient (Wildman–Crippen LogP) is 2.54. The zero-order valence-corrected chi connectivity index (χ0v) is 13.2. The lowest BCUT2D eigenvalue weighted by Crippen LogP contribution is -2.33. The van der Waals surface area contributed by atoms with E-state index in [0.29, 0.717) is 0 Å². The number of amides is 1. The van der Waals surface area contributed by atoms with Gasteiger partial charge in [-0.2, -0.15) is 0 Å². The lowest BCUT2D eigenvalue weighted by Gasteiger charge is -2.17. The van der Waals surface area contributed by atoms with E-state index in [1.165, 1.54) is 0 Å². The number of likely N-dealkylation sites (N-methyl/N-ethyl adjacent to an activating group) is 2. The van der Waals surface area contributed by atoms with Gasteiger partial charge in [-0.25, -0.2) is 9.97 Å². The summed E-state index contributed by atoms with van der Waals surface area (Å²) < 4.78 is 0. The monoisotopic (exact) mass is 312 g/mol. The second-order valence-electron chi connectivity index (χ2n) is 4.92. The van der Waals surface area contributed by atoms with Crippen molar-refractivity contribution in [1.29, 1.82) is 0 Å². The normalized spacial score (nSPS) is 10.6. The van der Waals surface area contributed by atoms with E-state index in [-0.39, 0.29) is 12.5 Å². The Bertz CT molecular complexity index is 800. The van der Waals surface area contributed by atoms with Crippen molar-refractivity contribution >= 4 is 33.3 Å². The highest BCUT2D eigenvalue weighted by Crippen LogP contribution is 2.35. The molecule has 1 amide bonds. The molecule has 5 nitrogen and oxygen atoms in total. The Morgan fingerprint density at radius 3 is 2.77 bits per heavy atom. The maximum absolute atomic E-state index is 11.6. The summed E-state index contributed by atoms with van der Waals surface area (Å²) in [5.41, 5.74) is 1.16. The summed E-state index contributed by atoms with van der Waals surface area (Å²) in [5, 5.41) is 3.59. The predicted molar refractivity (Wildman–Crippen MR) is 90.2 cm³/mol. The highest BCUT2D eigenvalue weighted by Gasteiger charge is 2.14. The number of thiophene rings is 1. The van der Waals surface area contributed by atoms with E-state index in [1.807, 2.05) is 30.1 Å². The van der Waals surface area contributed by atoms with Crippen LogP contribution in [0.4, 0.5) is 5.82 Å². The molecule has 2 aromatic heterocycles. The van der Waals surface area contributed by atoms with E-state index in [1.54, 1.807) is 24.7 Å². The molecule has 1 aromatic carbocycles. The molecule has 0 aliphatic rings. The summed E-state index contributed by atoms with van der Waals surface area (Å²) >= 11 is 1.63. The molecule has 112 valence electrons. The number of nitrogens with zero attached hydrogens (tertiary/aromatic N) is 3. The first-order valence-electron chi connectivity index (χ1n) is 6.90. The van der Waals surface area contributed by atoms with Gasteiger partial charge in [0.05, 0.1) is 11.9 Å². The minimum absolute atomic E-state index is 0.0484. The summed E-state index contributed by atoms with van der Waals surface area (Å²) in [7, 11) is 3.49. The van der Waals surface area contributed by atoms with Gasteiger partial charge in [0.15, 0.2) is 0 Å². The molecule has 0 aliphatic carbocycles. The Balaban J connectivity index is 2.02. The number of hydrogen-bond donors (Lipinski definition) is 1. The number of fused-ring (bicyclic) bond motifs is 1. The molecule has 0 bridgehead atoms. The third-order valence-corrected chi connectivity index (χ3v) is 4.48. The molecule has 0 radical (unpaired) electrons. The molecule has 0 saturated carbocycles. The average molecular weight is 312 g/mol. The van der Waals surface area contributed by atoms with Gasteiger partial charge in [-0.3, -0.25) is 4.79 Å². The first kappa shape index (κ1) is 14.5. The van der Waals surface area contributed by atoms with Crippen molar-refractivity contribution in [1.82, 2.24) is 15.3 Å². The second kappa shape index (κ2) is 6.11. The third kappa shape index (κ3) is 2.78. The molecule has 0 aliphatic heterocycles. The molecule has 0 spiro atoms. The molecule has 22 heavy (non-hydrogen) atoms. The summed E-state index contributed by atoms with van der Waals surface area (Å²) in [6.45, 7) is 0.263. The van der Waals surface area contributed by atoms with Crippen LogP contribution in [-0.4, -0.2) is 36.5 Å². The number of carbonyl (C=O) groups excluding carboxylic acids is 1. The van der Waals surface area contributed by atoms with Crippen molar-refractivity contribution in [3.63, 3.8) is 0 Å².